The number of aromatic nitrogens is 1. The normalized spacial score (nSPS) is 13.5. The van der Waals surface area contributed by atoms with Crippen LogP contribution in [0.15, 0.2) is 47.6 Å². The average Bonchev–Trinajstić information content (AvgIpc) is 3.52. The Morgan fingerprint density at radius 3 is 2.79 bits per heavy atom. The van der Waals surface area contributed by atoms with Gasteiger partial charge in [0, 0.05) is 42.3 Å². The monoisotopic (exact) mass is 468 g/mol. The molecule has 170 valence electrons. The summed E-state index contributed by atoms with van der Waals surface area (Å²) in [5.41, 5.74) is 3.69. The van der Waals surface area contributed by atoms with E-state index in [1.165, 1.54) is 30.2 Å². The third-order valence-electron chi connectivity index (χ3n) is 5.13. The predicted molar refractivity (Wildman–Crippen MR) is 125 cm³/mol. The number of halogens is 1. The highest BCUT2D eigenvalue weighted by atomic mass is 32.1. The number of hydrogen-bond donors (Lipinski definition) is 4. The van der Waals surface area contributed by atoms with E-state index in [0.717, 1.165) is 41.5 Å². The number of aromatic hydroxyl groups is 1. The zero-order chi connectivity index (χ0) is 23.4. The SMILES string of the molecule is NNC(=O)/N=C/c1cc(C(=O)Nc2ncc(-c3cccc(N4CCCC4)c3)s2)cc(F)c1O. The van der Waals surface area contributed by atoms with Crippen molar-refractivity contribution in [2.45, 2.75) is 12.8 Å². The molecule has 1 fully saturated rings. The lowest BCUT2D eigenvalue weighted by Crippen LogP contribution is -2.27. The van der Waals surface area contributed by atoms with Crippen molar-refractivity contribution in [3.8, 4) is 16.2 Å². The van der Waals surface area contributed by atoms with Gasteiger partial charge in [0.1, 0.15) is 0 Å². The number of phenols is 1. The van der Waals surface area contributed by atoms with Crippen LogP contribution in [0.2, 0.25) is 0 Å². The van der Waals surface area contributed by atoms with Gasteiger partial charge in [-0.3, -0.25) is 15.5 Å². The van der Waals surface area contributed by atoms with Gasteiger partial charge in [0.15, 0.2) is 16.7 Å². The Kier molecular flexibility index (Phi) is 6.61. The Bertz CT molecular complexity index is 1220. The van der Waals surface area contributed by atoms with Crippen LogP contribution in [0, 0.1) is 5.82 Å². The number of nitrogens with zero attached hydrogens (tertiary/aromatic N) is 3. The maximum atomic E-state index is 14.1. The van der Waals surface area contributed by atoms with Gasteiger partial charge in [0.05, 0.1) is 4.88 Å². The summed E-state index contributed by atoms with van der Waals surface area (Å²) in [6, 6.07) is 9.35. The lowest BCUT2D eigenvalue weighted by molar-refractivity contribution is 0.102. The molecule has 9 nitrogen and oxygen atoms in total. The number of phenolic OH excluding ortho intramolecular Hbond substituents is 1. The number of carbonyl (C=O) groups is 2. The van der Waals surface area contributed by atoms with Gasteiger partial charge in [0.25, 0.3) is 5.91 Å². The van der Waals surface area contributed by atoms with E-state index in [2.05, 4.69) is 32.3 Å². The fraction of sp³-hybridized carbons (Fsp3) is 0.182. The maximum Gasteiger partial charge on any atom is 0.355 e. The van der Waals surface area contributed by atoms with Crippen molar-refractivity contribution < 1.29 is 19.1 Å². The summed E-state index contributed by atoms with van der Waals surface area (Å²) >= 11 is 1.29. The molecule has 0 bridgehead atoms. The highest BCUT2D eigenvalue weighted by molar-refractivity contribution is 7.19. The van der Waals surface area contributed by atoms with Gasteiger partial charge in [-0.15, -0.1) is 0 Å². The molecule has 4 rings (SSSR count). The number of hydrogen-bond acceptors (Lipinski definition) is 7. The maximum absolute atomic E-state index is 14.1. The summed E-state index contributed by atoms with van der Waals surface area (Å²) in [6.45, 7) is 2.08. The second-order valence-corrected chi connectivity index (χ2v) is 8.36. The van der Waals surface area contributed by atoms with Gasteiger partial charge in [-0.25, -0.2) is 25.0 Å². The Morgan fingerprint density at radius 1 is 1.24 bits per heavy atom. The molecule has 2 aromatic carbocycles. The first kappa shape index (κ1) is 22.4. The van der Waals surface area contributed by atoms with Crippen LogP contribution in [0.4, 0.5) is 20.0 Å². The molecule has 2 heterocycles. The van der Waals surface area contributed by atoms with Crippen LogP contribution in [-0.4, -0.2) is 41.3 Å². The fourth-order valence-electron chi connectivity index (χ4n) is 3.48. The molecule has 0 aliphatic carbocycles. The number of anilines is 2. The molecule has 1 saturated heterocycles. The molecule has 5 N–H and O–H groups in total. The third kappa shape index (κ3) is 5.16. The van der Waals surface area contributed by atoms with Gasteiger partial charge in [-0.05, 0) is 42.7 Å². The minimum Gasteiger partial charge on any atom is -0.504 e. The molecule has 1 aromatic heterocycles. The summed E-state index contributed by atoms with van der Waals surface area (Å²) in [5, 5.41) is 12.8. The number of rotatable bonds is 5. The number of aliphatic imine (C=N–C) groups is 1. The largest absolute Gasteiger partial charge is 0.504 e. The average molecular weight is 469 g/mol. The quantitative estimate of drug-likeness (QED) is 0.196. The van der Waals surface area contributed by atoms with E-state index in [4.69, 9.17) is 5.84 Å². The second kappa shape index (κ2) is 9.76. The highest BCUT2D eigenvalue weighted by Gasteiger charge is 2.17. The van der Waals surface area contributed by atoms with Crippen molar-refractivity contribution >= 4 is 40.3 Å². The van der Waals surface area contributed by atoms with Crippen molar-refractivity contribution in [2.75, 3.05) is 23.3 Å². The Morgan fingerprint density at radius 2 is 2.03 bits per heavy atom. The van der Waals surface area contributed by atoms with Gasteiger partial charge in [0.2, 0.25) is 0 Å². The number of nitrogens with two attached hydrogens (primary N) is 1. The van der Waals surface area contributed by atoms with Gasteiger partial charge in [-0.1, -0.05) is 23.5 Å². The Hall–Kier alpha value is -3.83. The van der Waals surface area contributed by atoms with E-state index in [-0.39, 0.29) is 11.1 Å². The minimum absolute atomic E-state index is 0.0762. The molecule has 1 aliphatic heterocycles. The zero-order valence-corrected chi connectivity index (χ0v) is 18.2. The number of thiazole rings is 1. The van der Waals surface area contributed by atoms with Crippen LogP contribution in [-0.2, 0) is 0 Å². The summed E-state index contributed by atoms with van der Waals surface area (Å²) in [5.74, 6) is 2.53. The molecule has 0 unspecified atom stereocenters. The van der Waals surface area contributed by atoms with Crippen LogP contribution >= 0.6 is 11.3 Å². The van der Waals surface area contributed by atoms with Crippen LogP contribution in [0.5, 0.6) is 5.75 Å². The standard InChI is InChI=1S/C22H21FN6O3S/c23-17-10-14(8-15(19(17)30)11-25-21(32)28-24)20(31)27-22-26-12-18(33-22)13-4-3-5-16(9-13)29-6-1-2-7-29/h3-5,8-12,30H,1-2,6-7,24H2,(H,28,32)(H,26,27,31)/b25-11+. The topological polar surface area (TPSA) is 133 Å². The van der Waals surface area contributed by atoms with Crippen LogP contribution in [0.1, 0.15) is 28.8 Å². The predicted octanol–water partition coefficient (Wildman–Crippen LogP) is 3.51. The first-order valence-corrected chi connectivity index (χ1v) is 11.0. The third-order valence-corrected chi connectivity index (χ3v) is 6.09. The number of urea groups is 1. The lowest BCUT2D eigenvalue weighted by atomic mass is 10.1. The molecule has 0 atom stereocenters. The van der Waals surface area contributed by atoms with Gasteiger partial charge < -0.3 is 10.0 Å². The van der Waals surface area contributed by atoms with Crippen molar-refractivity contribution in [3.63, 3.8) is 0 Å². The summed E-state index contributed by atoms with van der Waals surface area (Å²) in [4.78, 5) is 34.7. The number of amides is 3. The first-order chi connectivity index (χ1) is 15.9. The second-order valence-electron chi connectivity index (χ2n) is 7.33. The number of carbonyl (C=O) groups excluding carboxylic acids is 2. The molecule has 33 heavy (non-hydrogen) atoms. The molecule has 0 spiro atoms. The van der Waals surface area contributed by atoms with Crippen molar-refractivity contribution in [2.24, 2.45) is 10.8 Å². The summed E-state index contributed by atoms with van der Waals surface area (Å²) in [7, 11) is 0. The minimum atomic E-state index is -1.03. The molecule has 11 heteroatoms. The van der Waals surface area contributed by atoms with E-state index in [1.807, 2.05) is 12.1 Å². The molecule has 1 aliphatic rings. The van der Waals surface area contributed by atoms with Crippen molar-refractivity contribution in [1.29, 1.82) is 0 Å². The number of benzene rings is 2. The number of nitrogens with one attached hydrogen (secondary N) is 2. The zero-order valence-electron chi connectivity index (χ0n) is 17.4. The van der Waals surface area contributed by atoms with Crippen LogP contribution in [0.3, 0.4) is 0 Å². The Balaban J connectivity index is 1.51. The smallest absolute Gasteiger partial charge is 0.355 e. The van der Waals surface area contributed by atoms with Crippen LogP contribution < -0.4 is 21.5 Å². The van der Waals surface area contributed by atoms with E-state index in [1.54, 1.807) is 11.6 Å². The highest BCUT2D eigenvalue weighted by Crippen LogP contribution is 2.32. The van der Waals surface area contributed by atoms with E-state index in [0.29, 0.717) is 5.13 Å². The van der Waals surface area contributed by atoms with Gasteiger partial charge >= 0.3 is 6.03 Å². The van der Waals surface area contributed by atoms with Crippen molar-refractivity contribution in [1.82, 2.24) is 10.4 Å². The number of hydrazine groups is 1. The van der Waals surface area contributed by atoms with Gasteiger partial charge in [-0.2, -0.15) is 0 Å². The van der Waals surface area contributed by atoms with E-state index in [9.17, 15) is 19.1 Å². The van der Waals surface area contributed by atoms with E-state index < -0.39 is 23.5 Å². The molecule has 0 radical (unpaired) electrons. The van der Waals surface area contributed by atoms with Crippen molar-refractivity contribution in [3.05, 3.63) is 59.5 Å². The molecular formula is C22H21FN6O3S. The first-order valence-electron chi connectivity index (χ1n) is 10.1. The van der Waals surface area contributed by atoms with E-state index >= 15 is 0 Å². The van der Waals surface area contributed by atoms with Crippen LogP contribution in [0.25, 0.3) is 10.4 Å². The summed E-state index contributed by atoms with van der Waals surface area (Å²) in [6.07, 6.45) is 4.95. The molecule has 3 amide bonds. The lowest BCUT2D eigenvalue weighted by Gasteiger charge is -2.18. The summed E-state index contributed by atoms with van der Waals surface area (Å²) < 4.78 is 14.1. The molecule has 3 aromatic rings. The molecular weight excluding hydrogens is 447 g/mol. The fourth-order valence-corrected chi connectivity index (χ4v) is 4.29. The Labute approximate surface area is 192 Å². The molecule has 0 saturated carbocycles.